The molecule has 0 atom stereocenters. The first-order valence-electron chi connectivity index (χ1n) is 9.03. The predicted octanol–water partition coefficient (Wildman–Crippen LogP) is 4.18. The van der Waals surface area contributed by atoms with Crippen LogP contribution in [0.15, 0.2) is 53.2 Å². The molecular weight excluding hydrogens is 427 g/mol. The Morgan fingerprint density at radius 2 is 2.00 bits per heavy atom. The van der Waals surface area contributed by atoms with E-state index in [9.17, 15) is 14.0 Å². The number of nitrogens with one attached hydrogen (secondary N) is 1. The van der Waals surface area contributed by atoms with Crippen molar-refractivity contribution in [2.75, 3.05) is 11.9 Å². The zero-order valence-electron chi connectivity index (χ0n) is 16.1. The molecule has 0 aliphatic heterocycles. The van der Waals surface area contributed by atoms with Crippen LogP contribution < -0.4 is 5.32 Å². The third kappa shape index (κ3) is 4.36. The van der Waals surface area contributed by atoms with Crippen LogP contribution in [-0.4, -0.2) is 33.6 Å². The summed E-state index contributed by atoms with van der Waals surface area (Å²) in [6.45, 7) is 1.10. The molecule has 10 heteroatoms. The van der Waals surface area contributed by atoms with Gasteiger partial charge in [0.2, 0.25) is 0 Å². The summed E-state index contributed by atoms with van der Waals surface area (Å²) >= 11 is 5.90. The Kier molecular flexibility index (Phi) is 5.59. The molecule has 156 valence electrons. The normalized spacial score (nSPS) is 10.8. The molecule has 0 bridgehead atoms. The number of benzene rings is 1. The second-order valence-electron chi connectivity index (χ2n) is 6.48. The number of halogens is 2. The molecule has 0 spiro atoms. The van der Waals surface area contributed by atoms with Gasteiger partial charge < -0.3 is 14.6 Å². The van der Waals surface area contributed by atoms with Gasteiger partial charge in [-0.25, -0.2) is 19.2 Å². The highest BCUT2D eigenvalue weighted by Gasteiger charge is 2.21. The van der Waals surface area contributed by atoms with Crippen molar-refractivity contribution in [1.29, 1.82) is 0 Å². The lowest BCUT2D eigenvalue weighted by Crippen LogP contribution is -2.21. The van der Waals surface area contributed by atoms with Crippen LogP contribution >= 0.6 is 11.6 Å². The highest BCUT2D eigenvalue weighted by atomic mass is 35.5. The molecule has 1 aromatic carbocycles. The maximum absolute atomic E-state index is 13.3. The third-order valence-corrected chi connectivity index (χ3v) is 4.65. The Morgan fingerprint density at radius 3 is 2.74 bits per heavy atom. The number of carbonyl (C=O) groups excluding carboxylic acids is 2. The summed E-state index contributed by atoms with van der Waals surface area (Å²) in [6, 6.07) is 10.2. The zero-order valence-corrected chi connectivity index (χ0v) is 16.8. The van der Waals surface area contributed by atoms with Gasteiger partial charge in [0.05, 0.1) is 28.0 Å². The summed E-state index contributed by atoms with van der Waals surface area (Å²) in [5.74, 6) is -1.76. The van der Waals surface area contributed by atoms with Gasteiger partial charge in [-0.2, -0.15) is 0 Å². The van der Waals surface area contributed by atoms with Crippen molar-refractivity contribution in [1.82, 2.24) is 15.1 Å². The highest BCUT2D eigenvalue weighted by Crippen LogP contribution is 2.27. The molecule has 4 aromatic rings. The average molecular weight is 441 g/mol. The van der Waals surface area contributed by atoms with Crippen molar-refractivity contribution in [3.05, 3.63) is 70.9 Å². The molecule has 3 heterocycles. The fraction of sp³-hybridized carbons (Fsp3) is 0.0952. The Labute approximate surface area is 180 Å². The number of amides is 1. The van der Waals surface area contributed by atoms with Crippen molar-refractivity contribution in [3.63, 3.8) is 0 Å². The van der Waals surface area contributed by atoms with Crippen molar-refractivity contribution in [2.24, 2.45) is 0 Å². The number of ether oxygens (including phenoxy) is 1. The molecule has 0 fully saturated rings. The molecule has 1 amide bonds. The van der Waals surface area contributed by atoms with Gasteiger partial charge in [-0.05, 0) is 49.4 Å². The minimum Gasteiger partial charge on any atom is -0.452 e. The van der Waals surface area contributed by atoms with Crippen LogP contribution in [0.5, 0.6) is 0 Å². The quantitative estimate of drug-likeness (QED) is 0.366. The number of pyridine rings is 2. The predicted molar refractivity (Wildman–Crippen MR) is 110 cm³/mol. The van der Waals surface area contributed by atoms with Gasteiger partial charge in [0.15, 0.2) is 11.8 Å². The van der Waals surface area contributed by atoms with E-state index in [1.54, 1.807) is 19.1 Å². The number of anilines is 1. The summed E-state index contributed by atoms with van der Waals surface area (Å²) in [6.07, 6.45) is 1.48. The summed E-state index contributed by atoms with van der Waals surface area (Å²) in [4.78, 5) is 33.1. The fourth-order valence-electron chi connectivity index (χ4n) is 2.90. The van der Waals surface area contributed by atoms with Gasteiger partial charge in [0, 0.05) is 11.8 Å². The second kappa shape index (κ2) is 8.49. The number of aryl methyl sites for hydroxylation is 1. The Bertz CT molecular complexity index is 1290. The van der Waals surface area contributed by atoms with E-state index in [1.807, 2.05) is 0 Å². The van der Waals surface area contributed by atoms with Crippen LogP contribution in [0.3, 0.4) is 0 Å². The summed E-state index contributed by atoms with van der Waals surface area (Å²) in [5, 5.41) is 6.84. The van der Waals surface area contributed by atoms with Gasteiger partial charge in [-0.3, -0.25) is 4.79 Å². The molecule has 0 radical (unpaired) electrons. The number of esters is 1. The van der Waals surface area contributed by atoms with E-state index in [4.69, 9.17) is 20.9 Å². The molecule has 1 N–H and O–H groups in total. The number of fused-ring (bicyclic) bond motifs is 1. The molecule has 8 nitrogen and oxygen atoms in total. The standard InChI is InChI=1S/C21H14ClFN4O4/c1-11-18-14(21(29)30-10-17(28)25-15-3-2-8-24-19(15)22)9-16(26-20(18)31-27-11)12-4-6-13(23)7-5-12/h2-9H,10H2,1H3,(H,25,28). The molecule has 3 aromatic heterocycles. The van der Waals surface area contributed by atoms with Crippen LogP contribution in [0.25, 0.3) is 22.4 Å². The summed E-state index contributed by atoms with van der Waals surface area (Å²) in [5.41, 5.74) is 1.91. The molecule has 0 aliphatic carbocycles. The van der Waals surface area contributed by atoms with E-state index in [2.05, 4.69) is 20.4 Å². The number of hydrogen-bond donors (Lipinski definition) is 1. The number of aromatic nitrogens is 3. The van der Waals surface area contributed by atoms with Crippen LogP contribution in [0.2, 0.25) is 5.15 Å². The monoisotopic (exact) mass is 440 g/mol. The van der Waals surface area contributed by atoms with Crippen molar-refractivity contribution < 1.29 is 23.2 Å². The SMILES string of the molecule is Cc1noc2nc(-c3ccc(F)cc3)cc(C(=O)OCC(=O)Nc3cccnc3Cl)c12. The Morgan fingerprint density at radius 1 is 1.23 bits per heavy atom. The largest absolute Gasteiger partial charge is 0.452 e. The first kappa shape index (κ1) is 20.4. The molecule has 31 heavy (non-hydrogen) atoms. The topological polar surface area (TPSA) is 107 Å². The average Bonchev–Trinajstić information content (AvgIpc) is 3.14. The summed E-state index contributed by atoms with van der Waals surface area (Å²) < 4.78 is 23.6. The zero-order chi connectivity index (χ0) is 22.0. The van der Waals surface area contributed by atoms with Crippen LogP contribution in [0.4, 0.5) is 10.1 Å². The number of hydrogen-bond acceptors (Lipinski definition) is 7. The van der Waals surface area contributed by atoms with Gasteiger partial charge in [0.1, 0.15) is 5.82 Å². The number of carbonyl (C=O) groups is 2. The lowest BCUT2D eigenvalue weighted by atomic mass is 10.1. The summed E-state index contributed by atoms with van der Waals surface area (Å²) in [7, 11) is 0. The van der Waals surface area contributed by atoms with Crippen LogP contribution in [-0.2, 0) is 9.53 Å². The van der Waals surface area contributed by atoms with Gasteiger partial charge in [-0.15, -0.1) is 0 Å². The fourth-order valence-corrected chi connectivity index (χ4v) is 3.07. The van der Waals surface area contributed by atoms with Crippen LogP contribution in [0, 0.1) is 12.7 Å². The smallest absolute Gasteiger partial charge is 0.339 e. The van der Waals surface area contributed by atoms with Crippen molar-refractivity contribution in [3.8, 4) is 11.3 Å². The van der Waals surface area contributed by atoms with Gasteiger partial charge >= 0.3 is 5.97 Å². The first-order chi connectivity index (χ1) is 14.9. The maximum Gasteiger partial charge on any atom is 0.339 e. The number of nitrogens with zero attached hydrogens (tertiary/aromatic N) is 3. The van der Waals surface area contributed by atoms with E-state index in [-0.39, 0.29) is 16.4 Å². The molecule has 0 aliphatic rings. The molecule has 4 rings (SSSR count). The maximum atomic E-state index is 13.3. The van der Waals surface area contributed by atoms with E-state index in [0.29, 0.717) is 28.0 Å². The van der Waals surface area contributed by atoms with E-state index < -0.39 is 24.3 Å². The highest BCUT2D eigenvalue weighted by molar-refractivity contribution is 6.32. The van der Waals surface area contributed by atoms with Gasteiger partial charge in [0.25, 0.3) is 11.6 Å². The third-order valence-electron chi connectivity index (χ3n) is 4.34. The van der Waals surface area contributed by atoms with E-state index >= 15 is 0 Å². The van der Waals surface area contributed by atoms with Crippen molar-refractivity contribution in [2.45, 2.75) is 6.92 Å². The molecule has 0 saturated heterocycles. The molecule has 0 saturated carbocycles. The van der Waals surface area contributed by atoms with E-state index in [0.717, 1.165) is 0 Å². The van der Waals surface area contributed by atoms with Crippen molar-refractivity contribution >= 4 is 40.3 Å². The Hall–Kier alpha value is -3.85. The van der Waals surface area contributed by atoms with Crippen LogP contribution in [0.1, 0.15) is 16.1 Å². The Balaban J connectivity index is 1.58. The molecule has 0 unspecified atom stereocenters. The lowest BCUT2D eigenvalue weighted by molar-refractivity contribution is -0.119. The van der Waals surface area contributed by atoms with E-state index in [1.165, 1.54) is 36.5 Å². The minimum absolute atomic E-state index is 0.113. The minimum atomic E-state index is -0.769. The first-order valence-corrected chi connectivity index (χ1v) is 9.40. The number of rotatable bonds is 5. The molecular formula is C21H14ClFN4O4. The second-order valence-corrected chi connectivity index (χ2v) is 6.83. The van der Waals surface area contributed by atoms with Gasteiger partial charge in [-0.1, -0.05) is 16.8 Å². The lowest BCUT2D eigenvalue weighted by Gasteiger charge is -2.09.